The number of halogens is 1. The minimum atomic E-state index is 1.02. The van der Waals surface area contributed by atoms with Crippen LogP contribution in [-0.4, -0.2) is 0 Å². The van der Waals surface area contributed by atoms with Gasteiger partial charge in [-0.05, 0) is 45.4 Å². The van der Waals surface area contributed by atoms with Gasteiger partial charge in [0.25, 0.3) is 0 Å². The Labute approximate surface area is 157 Å². The van der Waals surface area contributed by atoms with Crippen LogP contribution in [0, 0.1) is 6.42 Å². The Hall–Kier alpha value is -2.26. The van der Waals surface area contributed by atoms with Crippen molar-refractivity contribution in [2.24, 2.45) is 0 Å². The molecule has 1 aliphatic rings. The third kappa shape index (κ3) is 3.98. The molecule has 3 rings (SSSR count). The maximum absolute atomic E-state index is 4.30. The van der Waals surface area contributed by atoms with Crippen LogP contribution in [-0.2, 0) is 0 Å². The van der Waals surface area contributed by atoms with Crippen LogP contribution in [0.25, 0.3) is 5.57 Å². The summed E-state index contributed by atoms with van der Waals surface area (Å²) in [6, 6.07) is 21.0. The molecule has 0 bridgehead atoms. The minimum Gasteiger partial charge on any atom is -0.0906 e. The topological polar surface area (TPSA) is 0 Å². The maximum atomic E-state index is 4.30. The van der Waals surface area contributed by atoms with Gasteiger partial charge in [0.15, 0.2) is 0 Å². The van der Waals surface area contributed by atoms with E-state index in [0.717, 1.165) is 14.7 Å². The number of allylic oxidation sites excluding steroid dienone is 8. The van der Waals surface area contributed by atoms with Gasteiger partial charge >= 0.3 is 0 Å². The summed E-state index contributed by atoms with van der Waals surface area (Å²) in [4.78, 5) is 0. The van der Waals surface area contributed by atoms with E-state index in [1.807, 2.05) is 30.7 Å². The zero-order valence-corrected chi connectivity index (χ0v) is 15.5. The van der Waals surface area contributed by atoms with Crippen LogP contribution in [0.1, 0.15) is 11.1 Å². The van der Waals surface area contributed by atoms with Gasteiger partial charge in [0, 0.05) is 39.9 Å². The molecule has 1 heteroatoms. The molecule has 0 amide bonds. The Bertz CT molecular complexity index is 779. The summed E-state index contributed by atoms with van der Waals surface area (Å²) >= 11 is 2.41. The van der Waals surface area contributed by atoms with E-state index in [9.17, 15) is 0 Å². The summed E-state index contributed by atoms with van der Waals surface area (Å²) in [5, 5.41) is 0. The first-order valence-electron chi connectivity index (χ1n) is 7.85. The molecule has 1 aliphatic carbocycles. The molecule has 0 unspecified atom stereocenters. The molecule has 0 heterocycles. The number of rotatable bonds is 4. The van der Waals surface area contributed by atoms with Crippen LogP contribution >= 0.6 is 22.6 Å². The predicted molar refractivity (Wildman–Crippen MR) is 113 cm³/mol. The fourth-order valence-corrected chi connectivity index (χ4v) is 3.38. The quantitative estimate of drug-likeness (QED) is 0.293. The molecule has 0 saturated heterocycles. The highest BCUT2D eigenvalue weighted by atomic mass is 127. The molecule has 2 aromatic rings. The number of benzene rings is 2. The van der Waals surface area contributed by atoms with Gasteiger partial charge in [0.05, 0.1) is 5.57 Å². The summed E-state index contributed by atoms with van der Waals surface area (Å²) in [6.45, 7) is 4.30. The fraction of sp³-hybridized carbons (Fsp3) is 0. The van der Waals surface area contributed by atoms with Crippen LogP contribution in [0.5, 0.6) is 0 Å². The van der Waals surface area contributed by atoms with Gasteiger partial charge in [-0.1, -0.05) is 67.2 Å². The summed E-state index contributed by atoms with van der Waals surface area (Å²) in [5.41, 5.74) is 5.81. The molecule has 116 valence electrons. The van der Waals surface area contributed by atoms with Crippen molar-refractivity contribution in [3.63, 3.8) is 0 Å². The van der Waals surface area contributed by atoms with E-state index in [-0.39, 0.29) is 0 Å². The lowest BCUT2D eigenvalue weighted by molar-refractivity contribution is 1.51. The molecule has 0 radical (unpaired) electrons. The molecule has 24 heavy (non-hydrogen) atoms. The highest BCUT2D eigenvalue weighted by molar-refractivity contribution is 14.1. The lowest BCUT2D eigenvalue weighted by Crippen LogP contribution is -1.92. The summed E-state index contributed by atoms with van der Waals surface area (Å²) in [6.07, 6.45) is 12.4. The van der Waals surface area contributed by atoms with Crippen LogP contribution in [0.3, 0.4) is 0 Å². The van der Waals surface area contributed by atoms with E-state index in [4.69, 9.17) is 0 Å². The monoisotopic (exact) mass is 421 g/mol. The van der Waals surface area contributed by atoms with Crippen LogP contribution in [0.4, 0.5) is 0 Å². The predicted octanol–water partition coefficient (Wildman–Crippen LogP) is 6.69. The average Bonchev–Trinajstić information content (AvgIpc) is 2.64. The van der Waals surface area contributed by atoms with Crippen molar-refractivity contribution < 1.29 is 0 Å². The zero-order chi connectivity index (χ0) is 16.8. The third-order valence-corrected chi connectivity index (χ3v) is 5.00. The van der Waals surface area contributed by atoms with Gasteiger partial charge in [0.1, 0.15) is 0 Å². The van der Waals surface area contributed by atoms with Gasteiger partial charge in [-0.25, -0.2) is 0 Å². The summed E-state index contributed by atoms with van der Waals surface area (Å²) in [7, 11) is 0. The van der Waals surface area contributed by atoms with Crippen molar-refractivity contribution in [1.82, 2.24) is 0 Å². The first kappa shape index (κ1) is 16.6. The van der Waals surface area contributed by atoms with E-state index >= 15 is 0 Å². The van der Waals surface area contributed by atoms with Crippen molar-refractivity contribution in [3.8, 4) is 0 Å². The smallest absolute Gasteiger partial charge is 0.0844 e. The number of hydrogen-bond acceptors (Lipinski definition) is 0. The highest BCUT2D eigenvalue weighted by Gasteiger charge is 2.12. The molecular weight excluding hydrogens is 403 g/mol. The second-order valence-electron chi connectivity index (χ2n) is 5.50. The molecule has 0 saturated carbocycles. The first-order valence-corrected chi connectivity index (χ1v) is 8.93. The van der Waals surface area contributed by atoms with Crippen molar-refractivity contribution in [2.45, 2.75) is 0 Å². The molecule has 0 N–H and O–H groups in total. The molecule has 0 nitrogen and oxygen atoms in total. The molecule has 0 aromatic heterocycles. The van der Waals surface area contributed by atoms with Crippen molar-refractivity contribution in [1.29, 1.82) is 0 Å². The highest BCUT2D eigenvalue weighted by Crippen LogP contribution is 2.34. The third-order valence-electron chi connectivity index (χ3n) is 3.77. The molecule has 0 spiro atoms. The van der Waals surface area contributed by atoms with Gasteiger partial charge in [-0.3, -0.25) is 0 Å². The SMILES string of the molecule is C=C(C=C1C=C[CH+]C=C1)C(I)=C(c1ccccc1)c1ccccc1. The lowest BCUT2D eigenvalue weighted by Gasteiger charge is -2.13. The zero-order valence-electron chi connectivity index (χ0n) is 13.3. The van der Waals surface area contributed by atoms with E-state index < -0.39 is 0 Å². The van der Waals surface area contributed by atoms with Gasteiger partial charge in [0.2, 0.25) is 0 Å². The van der Waals surface area contributed by atoms with Crippen LogP contribution in [0.15, 0.2) is 112 Å². The Morgan fingerprint density at radius 3 is 1.83 bits per heavy atom. The normalized spacial score (nSPS) is 12.5. The molecular formula is C23H18I+. The minimum absolute atomic E-state index is 1.02. The number of hydrogen-bond donors (Lipinski definition) is 0. The van der Waals surface area contributed by atoms with Gasteiger partial charge in [-0.2, -0.15) is 0 Å². The van der Waals surface area contributed by atoms with E-state index in [1.54, 1.807) is 0 Å². The molecule has 2 aromatic carbocycles. The van der Waals surface area contributed by atoms with E-state index in [0.29, 0.717) is 0 Å². The standard InChI is InChI=1S/C23H18I/c1-18(17-19-11-5-2-6-12-19)23(24)22(20-13-7-3-8-14-20)21-15-9-4-10-16-21/h2-17H,1H2/q+1. The molecule has 0 atom stereocenters. The van der Waals surface area contributed by atoms with Crippen molar-refractivity contribution in [2.75, 3.05) is 0 Å². The largest absolute Gasteiger partial charge is 0.0906 e. The first-order chi connectivity index (χ1) is 11.8. The van der Waals surface area contributed by atoms with E-state index in [1.165, 1.54) is 16.7 Å². The second kappa shape index (κ2) is 8.02. The Balaban J connectivity index is 2.08. The Kier molecular flexibility index (Phi) is 5.55. The molecule has 0 fully saturated rings. The molecule has 0 aliphatic heterocycles. The van der Waals surface area contributed by atoms with Crippen LogP contribution < -0.4 is 0 Å². The Morgan fingerprint density at radius 2 is 1.33 bits per heavy atom. The van der Waals surface area contributed by atoms with Crippen LogP contribution in [0.2, 0.25) is 0 Å². The lowest BCUT2D eigenvalue weighted by atomic mass is 9.95. The Morgan fingerprint density at radius 1 is 0.833 bits per heavy atom. The van der Waals surface area contributed by atoms with Gasteiger partial charge in [-0.15, -0.1) is 0 Å². The summed E-state index contributed by atoms with van der Waals surface area (Å²) in [5.74, 6) is 0. The second-order valence-corrected chi connectivity index (χ2v) is 6.58. The van der Waals surface area contributed by atoms with Crippen molar-refractivity contribution in [3.05, 3.63) is 130 Å². The van der Waals surface area contributed by atoms with Gasteiger partial charge < -0.3 is 0 Å². The fourth-order valence-electron chi connectivity index (χ4n) is 2.60. The summed E-state index contributed by atoms with van der Waals surface area (Å²) < 4.78 is 1.16. The van der Waals surface area contributed by atoms with E-state index in [2.05, 4.69) is 95.9 Å². The maximum Gasteiger partial charge on any atom is 0.0844 e. The van der Waals surface area contributed by atoms with Crippen molar-refractivity contribution >= 4 is 28.2 Å². The average molecular weight is 421 g/mol.